The molecule has 1 aliphatic rings. The fraction of sp³-hybridized carbons (Fsp3) is 0.474. The van der Waals surface area contributed by atoms with Crippen LogP contribution >= 0.6 is 0 Å². The third-order valence-electron chi connectivity index (χ3n) is 4.88. The summed E-state index contributed by atoms with van der Waals surface area (Å²) in [7, 11) is 1.52. The van der Waals surface area contributed by atoms with Crippen LogP contribution in [0.1, 0.15) is 37.0 Å². The number of benzene rings is 1. The Labute approximate surface area is 146 Å². The molecule has 1 saturated heterocycles. The van der Waals surface area contributed by atoms with Gasteiger partial charge < -0.3 is 14.1 Å². The van der Waals surface area contributed by atoms with E-state index in [-0.39, 0.29) is 23.7 Å². The number of aromatic nitrogens is 1. The van der Waals surface area contributed by atoms with Crippen LogP contribution in [-0.4, -0.2) is 42.6 Å². The van der Waals surface area contributed by atoms with E-state index in [0.717, 1.165) is 12.8 Å². The summed E-state index contributed by atoms with van der Waals surface area (Å²) in [6.07, 6.45) is 3.62. The SMILES string of the molecule is COCC(=O)N1CCC(C)(c2ncc(Cc3ccccc3F)o2)CC1. The van der Waals surface area contributed by atoms with Crippen LogP contribution in [0.5, 0.6) is 0 Å². The number of hydrogen-bond acceptors (Lipinski definition) is 4. The van der Waals surface area contributed by atoms with E-state index < -0.39 is 0 Å². The van der Waals surface area contributed by atoms with Gasteiger partial charge in [0, 0.05) is 32.0 Å². The largest absolute Gasteiger partial charge is 0.445 e. The number of carbonyl (C=O) groups excluding carboxylic acids is 1. The first kappa shape index (κ1) is 17.6. The average Bonchev–Trinajstić information content (AvgIpc) is 3.07. The normalized spacial score (nSPS) is 16.8. The summed E-state index contributed by atoms with van der Waals surface area (Å²) < 4.78 is 24.6. The summed E-state index contributed by atoms with van der Waals surface area (Å²) in [5, 5.41) is 0. The second-order valence-corrected chi connectivity index (χ2v) is 6.77. The van der Waals surface area contributed by atoms with Crippen molar-refractivity contribution in [3.8, 4) is 0 Å². The number of methoxy groups -OCH3 is 1. The Bertz CT molecular complexity index is 736. The van der Waals surface area contributed by atoms with Crippen molar-refractivity contribution >= 4 is 5.91 Å². The highest BCUT2D eigenvalue weighted by atomic mass is 19.1. The molecule has 134 valence electrons. The number of carbonyl (C=O) groups is 1. The lowest BCUT2D eigenvalue weighted by molar-refractivity contribution is -0.136. The molecule has 2 aromatic rings. The summed E-state index contributed by atoms with van der Waals surface area (Å²) in [6, 6.07) is 6.67. The summed E-state index contributed by atoms with van der Waals surface area (Å²) in [6.45, 7) is 3.53. The van der Waals surface area contributed by atoms with Crippen molar-refractivity contribution < 1.29 is 18.3 Å². The van der Waals surface area contributed by atoms with Gasteiger partial charge in [-0.3, -0.25) is 4.79 Å². The number of nitrogens with zero attached hydrogens (tertiary/aromatic N) is 2. The molecule has 0 aliphatic carbocycles. The Kier molecular flexibility index (Phi) is 5.18. The van der Waals surface area contributed by atoms with Crippen molar-refractivity contribution in [2.75, 3.05) is 26.8 Å². The maximum absolute atomic E-state index is 13.8. The number of rotatable bonds is 5. The van der Waals surface area contributed by atoms with Gasteiger partial charge in [0.05, 0.1) is 6.20 Å². The van der Waals surface area contributed by atoms with Crippen molar-refractivity contribution in [2.45, 2.75) is 31.6 Å². The number of amides is 1. The Morgan fingerprint density at radius 1 is 1.36 bits per heavy atom. The molecule has 0 bridgehead atoms. The van der Waals surface area contributed by atoms with E-state index in [2.05, 4.69) is 11.9 Å². The maximum atomic E-state index is 13.8. The molecule has 1 fully saturated rings. The Morgan fingerprint density at radius 3 is 2.76 bits per heavy atom. The minimum Gasteiger partial charge on any atom is -0.445 e. The van der Waals surface area contributed by atoms with Crippen LogP contribution in [0.15, 0.2) is 34.9 Å². The predicted octanol–water partition coefficient (Wildman–Crippen LogP) is 2.93. The summed E-state index contributed by atoms with van der Waals surface area (Å²) >= 11 is 0. The van der Waals surface area contributed by atoms with Gasteiger partial charge in [0.2, 0.25) is 5.91 Å². The highest BCUT2D eigenvalue weighted by Crippen LogP contribution is 2.35. The topological polar surface area (TPSA) is 55.6 Å². The highest BCUT2D eigenvalue weighted by molar-refractivity contribution is 5.77. The summed E-state index contributed by atoms with van der Waals surface area (Å²) in [5.74, 6) is 1.09. The Hall–Kier alpha value is -2.21. The van der Waals surface area contributed by atoms with Crippen LogP contribution in [0.25, 0.3) is 0 Å². The van der Waals surface area contributed by atoms with Gasteiger partial charge in [-0.2, -0.15) is 0 Å². The molecule has 6 heteroatoms. The zero-order valence-corrected chi connectivity index (χ0v) is 14.6. The molecule has 0 unspecified atom stereocenters. The van der Waals surface area contributed by atoms with Crippen molar-refractivity contribution in [3.05, 3.63) is 53.5 Å². The second-order valence-electron chi connectivity index (χ2n) is 6.77. The lowest BCUT2D eigenvalue weighted by Gasteiger charge is -2.37. The molecular weight excluding hydrogens is 323 g/mol. The maximum Gasteiger partial charge on any atom is 0.248 e. The molecule has 25 heavy (non-hydrogen) atoms. The molecule has 1 aromatic heterocycles. The smallest absolute Gasteiger partial charge is 0.248 e. The number of likely N-dealkylation sites (tertiary alicyclic amines) is 1. The molecule has 1 amide bonds. The third-order valence-corrected chi connectivity index (χ3v) is 4.88. The van der Waals surface area contributed by atoms with E-state index >= 15 is 0 Å². The lowest BCUT2D eigenvalue weighted by atomic mass is 9.80. The fourth-order valence-corrected chi connectivity index (χ4v) is 3.18. The van der Waals surface area contributed by atoms with Crippen LogP contribution in [0.3, 0.4) is 0 Å². The zero-order valence-electron chi connectivity index (χ0n) is 14.6. The minimum atomic E-state index is -0.239. The average molecular weight is 346 g/mol. The van der Waals surface area contributed by atoms with Crippen molar-refractivity contribution in [2.24, 2.45) is 0 Å². The van der Waals surface area contributed by atoms with Crippen molar-refractivity contribution in [1.29, 1.82) is 0 Å². The number of halogens is 1. The van der Waals surface area contributed by atoms with Gasteiger partial charge >= 0.3 is 0 Å². The van der Waals surface area contributed by atoms with Gasteiger partial charge in [-0.15, -0.1) is 0 Å². The van der Waals surface area contributed by atoms with Gasteiger partial charge in [-0.05, 0) is 24.5 Å². The van der Waals surface area contributed by atoms with Crippen LogP contribution < -0.4 is 0 Å². The molecule has 0 spiro atoms. The lowest BCUT2D eigenvalue weighted by Crippen LogP contribution is -2.45. The number of piperidine rings is 1. The van der Waals surface area contributed by atoms with Gasteiger partial charge in [-0.1, -0.05) is 25.1 Å². The van der Waals surface area contributed by atoms with Crippen LogP contribution in [-0.2, 0) is 21.4 Å². The molecule has 0 N–H and O–H groups in total. The highest BCUT2D eigenvalue weighted by Gasteiger charge is 2.37. The van der Waals surface area contributed by atoms with E-state index in [1.807, 2.05) is 11.0 Å². The van der Waals surface area contributed by atoms with Crippen molar-refractivity contribution in [1.82, 2.24) is 9.88 Å². The molecular formula is C19H23FN2O3. The quantitative estimate of drug-likeness (QED) is 0.835. The summed E-state index contributed by atoms with van der Waals surface area (Å²) in [4.78, 5) is 18.2. The van der Waals surface area contributed by atoms with E-state index in [1.54, 1.807) is 18.3 Å². The standard InChI is InChI=1S/C19H23FN2O3/c1-19(7-9-22(10-8-19)17(23)13-24-2)18-21-12-15(25-18)11-14-5-3-4-6-16(14)20/h3-6,12H,7-11,13H2,1-2H3. The minimum absolute atomic E-state index is 0.0113. The Morgan fingerprint density at radius 2 is 2.08 bits per heavy atom. The van der Waals surface area contributed by atoms with Crippen molar-refractivity contribution in [3.63, 3.8) is 0 Å². The van der Waals surface area contributed by atoms with Gasteiger partial charge in [0.15, 0.2) is 5.89 Å². The molecule has 1 aliphatic heterocycles. The fourth-order valence-electron chi connectivity index (χ4n) is 3.18. The zero-order chi connectivity index (χ0) is 17.9. The number of ether oxygens (including phenoxy) is 1. The molecule has 3 rings (SSSR count). The molecule has 1 aromatic carbocycles. The van der Waals surface area contributed by atoms with E-state index in [9.17, 15) is 9.18 Å². The van der Waals surface area contributed by atoms with E-state index in [1.165, 1.54) is 13.2 Å². The van der Waals surface area contributed by atoms with E-state index in [0.29, 0.717) is 36.7 Å². The monoisotopic (exact) mass is 346 g/mol. The predicted molar refractivity (Wildman–Crippen MR) is 90.8 cm³/mol. The molecule has 0 saturated carbocycles. The molecule has 5 nitrogen and oxygen atoms in total. The van der Waals surface area contributed by atoms with Crippen LogP contribution in [0.2, 0.25) is 0 Å². The first-order chi connectivity index (χ1) is 12.0. The third kappa shape index (κ3) is 3.90. The number of oxazole rings is 1. The van der Waals surface area contributed by atoms with Gasteiger partial charge in [0.25, 0.3) is 0 Å². The van der Waals surface area contributed by atoms with Crippen LogP contribution in [0, 0.1) is 5.82 Å². The molecule has 0 atom stereocenters. The van der Waals surface area contributed by atoms with Crippen LogP contribution in [0.4, 0.5) is 4.39 Å². The van der Waals surface area contributed by atoms with E-state index in [4.69, 9.17) is 9.15 Å². The first-order valence-electron chi connectivity index (χ1n) is 8.47. The van der Waals surface area contributed by atoms with Gasteiger partial charge in [0.1, 0.15) is 18.2 Å². The summed E-state index contributed by atoms with van der Waals surface area (Å²) in [5.41, 5.74) is 0.382. The van der Waals surface area contributed by atoms with Gasteiger partial charge in [-0.25, -0.2) is 9.37 Å². The molecule has 0 radical (unpaired) electrons. The number of hydrogen-bond donors (Lipinski definition) is 0. The first-order valence-corrected chi connectivity index (χ1v) is 8.47. The molecule has 2 heterocycles. The Balaban J connectivity index is 1.66. The second kappa shape index (κ2) is 7.35.